The maximum Gasteiger partial charge on any atom is 0.0517 e. The standard InChI is InChI=1S/C15H16N2/c16-13-7-9-15-12(10-13)6-8-14(17-15)11-4-2-1-3-5-11/h1-5,7,9-10,14,17H,6,8,16H2. The van der Waals surface area contributed by atoms with E-state index in [1.165, 1.54) is 16.8 Å². The van der Waals surface area contributed by atoms with Crippen molar-refractivity contribution in [3.8, 4) is 0 Å². The van der Waals surface area contributed by atoms with Crippen LogP contribution in [0.4, 0.5) is 11.4 Å². The number of nitrogens with two attached hydrogens (primary N) is 1. The van der Waals surface area contributed by atoms with Crippen molar-refractivity contribution in [2.45, 2.75) is 18.9 Å². The summed E-state index contributed by atoms with van der Waals surface area (Å²) in [6.45, 7) is 0. The Hall–Kier alpha value is -1.96. The van der Waals surface area contributed by atoms with E-state index in [2.05, 4.69) is 47.8 Å². The third-order valence-electron chi connectivity index (χ3n) is 3.36. The van der Waals surface area contributed by atoms with E-state index in [1.807, 2.05) is 6.07 Å². The Morgan fingerprint density at radius 3 is 2.71 bits per heavy atom. The fourth-order valence-corrected chi connectivity index (χ4v) is 2.46. The van der Waals surface area contributed by atoms with Crippen molar-refractivity contribution >= 4 is 11.4 Å². The van der Waals surface area contributed by atoms with E-state index in [1.54, 1.807) is 0 Å². The molecule has 0 amide bonds. The van der Waals surface area contributed by atoms with Gasteiger partial charge < -0.3 is 11.1 Å². The maximum absolute atomic E-state index is 5.80. The minimum absolute atomic E-state index is 0.423. The van der Waals surface area contributed by atoms with Crippen molar-refractivity contribution in [3.63, 3.8) is 0 Å². The number of nitrogen functional groups attached to an aromatic ring is 1. The number of benzene rings is 2. The molecular weight excluding hydrogens is 208 g/mol. The van der Waals surface area contributed by atoms with Gasteiger partial charge in [0.25, 0.3) is 0 Å². The van der Waals surface area contributed by atoms with E-state index in [4.69, 9.17) is 5.73 Å². The topological polar surface area (TPSA) is 38.0 Å². The molecule has 2 nitrogen and oxygen atoms in total. The van der Waals surface area contributed by atoms with Gasteiger partial charge >= 0.3 is 0 Å². The van der Waals surface area contributed by atoms with E-state index < -0.39 is 0 Å². The first kappa shape index (κ1) is 10.2. The molecule has 0 aromatic heterocycles. The van der Waals surface area contributed by atoms with Crippen molar-refractivity contribution in [1.82, 2.24) is 0 Å². The predicted molar refractivity (Wildman–Crippen MR) is 72.0 cm³/mol. The molecule has 0 fully saturated rings. The quantitative estimate of drug-likeness (QED) is 0.729. The van der Waals surface area contributed by atoms with Gasteiger partial charge in [0.2, 0.25) is 0 Å². The van der Waals surface area contributed by atoms with Crippen LogP contribution in [0.5, 0.6) is 0 Å². The summed E-state index contributed by atoms with van der Waals surface area (Å²) in [5.41, 5.74) is 10.6. The molecule has 1 aliphatic rings. The van der Waals surface area contributed by atoms with Gasteiger partial charge in [-0.1, -0.05) is 30.3 Å². The van der Waals surface area contributed by atoms with Crippen LogP contribution in [-0.4, -0.2) is 0 Å². The molecule has 1 atom stereocenters. The van der Waals surface area contributed by atoms with E-state index in [0.29, 0.717) is 6.04 Å². The van der Waals surface area contributed by atoms with Gasteiger partial charge in [0.1, 0.15) is 0 Å². The van der Waals surface area contributed by atoms with Crippen LogP contribution in [-0.2, 0) is 6.42 Å². The van der Waals surface area contributed by atoms with Gasteiger partial charge in [0.05, 0.1) is 6.04 Å². The molecule has 17 heavy (non-hydrogen) atoms. The minimum Gasteiger partial charge on any atom is -0.399 e. The summed E-state index contributed by atoms with van der Waals surface area (Å²) in [4.78, 5) is 0. The van der Waals surface area contributed by atoms with E-state index in [-0.39, 0.29) is 0 Å². The molecular formula is C15H16N2. The van der Waals surface area contributed by atoms with Crippen molar-refractivity contribution in [2.75, 3.05) is 11.1 Å². The summed E-state index contributed by atoms with van der Waals surface area (Å²) in [5, 5.41) is 3.58. The van der Waals surface area contributed by atoms with Crippen molar-refractivity contribution in [3.05, 3.63) is 59.7 Å². The first-order valence-corrected chi connectivity index (χ1v) is 6.03. The summed E-state index contributed by atoms with van der Waals surface area (Å²) >= 11 is 0. The van der Waals surface area contributed by atoms with Crippen LogP contribution in [0.25, 0.3) is 0 Å². The molecule has 0 saturated carbocycles. The van der Waals surface area contributed by atoms with Crippen LogP contribution in [0.1, 0.15) is 23.6 Å². The Morgan fingerprint density at radius 1 is 1.06 bits per heavy atom. The molecule has 2 heteroatoms. The predicted octanol–water partition coefficient (Wildman–Crippen LogP) is 3.37. The highest BCUT2D eigenvalue weighted by atomic mass is 14.9. The van der Waals surface area contributed by atoms with E-state index >= 15 is 0 Å². The smallest absolute Gasteiger partial charge is 0.0517 e. The fourth-order valence-electron chi connectivity index (χ4n) is 2.46. The second kappa shape index (κ2) is 4.13. The van der Waals surface area contributed by atoms with Crippen molar-refractivity contribution in [2.24, 2.45) is 0 Å². The SMILES string of the molecule is Nc1ccc2c(c1)CCC(c1ccccc1)N2. The minimum atomic E-state index is 0.423. The van der Waals surface area contributed by atoms with Crippen LogP contribution in [0.3, 0.4) is 0 Å². The zero-order chi connectivity index (χ0) is 11.7. The van der Waals surface area contributed by atoms with Gasteiger partial charge in [-0.15, -0.1) is 0 Å². The van der Waals surface area contributed by atoms with Gasteiger partial charge in [-0.3, -0.25) is 0 Å². The van der Waals surface area contributed by atoms with Crippen molar-refractivity contribution in [1.29, 1.82) is 0 Å². The van der Waals surface area contributed by atoms with Crippen LogP contribution in [0.15, 0.2) is 48.5 Å². The monoisotopic (exact) mass is 224 g/mol. The summed E-state index contributed by atoms with van der Waals surface area (Å²) in [6, 6.07) is 17.1. The van der Waals surface area contributed by atoms with Gasteiger partial charge in [-0.05, 0) is 42.2 Å². The number of anilines is 2. The molecule has 0 spiro atoms. The van der Waals surface area contributed by atoms with Crippen LogP contribution in [0.2, 0.25) is 0 Å². The second-order valence-corrected chi connectivity index (χ2v) is 4.56. The fraction of sp³-hybridized carbons (Fsp3) is 0.200. The molecule has 0 aliphatic carbocycles. The molecule has 1 aliphatic heterocycles. The van der Waals surface area contributed by atoms with Gasteiger partial charge in [-0.2, -0.15) is 0 Å². The Labute approximate surface area is 101 Å². The molecule has 3 N–H and O–H groups in total. The Morgan fingerprint density at radius 2 is 1.88 bits per heavy atom. The molecule has 3 rings (SSSR count). The van der Waals surface area contributed by atoms with Crippen LogP contribution in [0, 0.1) is 0 Å². The van der Waals surface area contributed by atoms with Crippen LogP contribution < -0.4 is 11.1 Å². The number of hydrogen-bond donors (Lipinski definition) is 2. The Bertz CT molecular complexity index is 520. The lowest BCUT2D eigenvalue weighted by Gasteiger charge is -2.27. The summed E-state index contributed by atoms with van der Waals surface area (Å²) in [6.07, 6.45) is 2.22. The average Bonchev–Trinajstić information content (AvgIpc) is 2.39. The third kappa shape index (κ3) is 1.98. The lowest BCUT2D eigenvalue weighted by Crippen LogP contribution is -2.18. The molecule has 0 radical (unpaired) electrons. The third-order valence-corrected chi connectivity index (χ3v) is 3.36. The molecule has 0 bridgehead atoms. The first-order valence-electron chi connectivity index (χ1n) is 6.03. The van der Waals surface area contributed by atoms with Gasteiger partial charge in [0, 0.05) is 11.4 Å². The first-order chi connectivity index (χ1) is 8.33. The Kier molecular flexibility index (Phi) is 2.48. The summed E-state index contributed by atoms with van der Waals surface area (Å²) in [5.74, 6) is 0. The highest BCUT2D eigenvalue weighted by molar-refractivity contribution is 5.60. The normalized spacial score (nSPS) is 18.2. The van der Waals surface area contributed by atoms with Gasteiger partial charge in [-0.25, -0.2) is 0 Å². The highest BCUT2D eigenvalue weighted by Crippen LogP contribution is 2.33. The molecule has 1 heterocycles. The zero-order valence-electron chi connectivity index (χ0n) is 9.69. The van der Waals surface area contributed by atoms with E-state index in [0.717, 1.165) is 18.5 Å². The lowest BCUT2D eigenvalue weighted by molar-refractivity contribution is 0.668. The number of fused-ring (bicyclic) bond motifs is 1. The van der Waals surface area contributed by atoms with Crippen molar-refractivity contribution < 1.29 is 0 Å². The number of hydrogen-bond acceptors (Lipinski definition) is 2. The van der Waals surface area contributed by atoms with E-state index in [9.17, 15) is 0 Å². The molecule has 86 valence electrons. The summed E-state index contributed by atoms with van der Waals surface area (Å²) in [7, 11) is 0. The maximum atomic E-state index is 5.80. The number of nitrogens with one attached hydrogen (secondary N) is 1. The average molecular weight is 224 g/mol. The largest absolute Gasteiger partial charge is 0.399 e. The lowest BCUT2D eigenvalue weighted by atomic mass is 9.93. The number of aryl methyl sites for hydroxylation is 1. The zero-order valence-corrected chi connectivity index (χ0v) is 9.69. The van der Waals surface area contributed by atoms with Gasteiger partial charge in [0.15, 0.2) is 0 Å². The second-order valence-electron chi connectivity index (χ2n) is 4.56. The summed E-state index contributed by atoms with van der Waals surface area (Å²) < 4.78 is 0. The molecule has 1 unspecified atom stereocenters. The van der Waals surface area contributed by atoms with Crippen LogP contribution >= 0.6 is 0 Å². The Balaban J connectivity index is 1.88. The number of rotatable bonds is 1. The highest BCUT2D eigenvalue weighted by Gasteiger charge is 2.18. The molecule has 0 saturated heterocycles. The molecule has 2 aromatic carbocycles. The molecule has 2 aromatic rings.